The van der Waals surface area contributed by atoms with Gasteiger partial charge in [-0.2, -0.15) is 0 Å². The SMILES string of the molecule is CCC(C)(CC)NS(=O)(=O)c1sc(N)nc1C. The molecular formula is C10H19N3O2S2. The van der Waals surface area contributed by atoms with Gasteiger partial charge in [0.05, 0.1) is 5.69 Å². The maximum Gasteiger partial charge on any atom is 0.252 e. The van der Waals surface area contributed by atoms with E-state index in [9.17, 15) is 8.42 Å². The Bertz CT molecular complexity index is 490. The van der Waals surface area contributed by atoms with Crippen LogP contribution in [0.3, 0.4) is 0 Å². The lowest BCUT2D eigenvalue weighted by Crippen LogP contribution is -2.44. The Morgan fingerprint density at radius 1 is 1.41 bits per heavy atom. The molecular weight excluding hydrogens is 258 g/mol. The van der Waals surface area contributed by atoms with Crippen LogP contribution in [-0.2, 0) is 10.0 Å². The van der Waals surface area contributed by atoms with Crippen molar-refractivity contribution in [2.45, 2.75) is 50.3 Å². The number of anilines is 1. The molecule has 0 aliphatic heterocycles. The molecule has 0 radical (unpaired) electrons. The summed E-state index contributed by atoms with van der Waals surface area (Å²) in [6.45, 7) is 7.46. The molecule has 17 heavy (non-hydrogen) atoms. The summed E-state index contributed by atoms with van der Waals surface area (Å²) in [6.07, 6.45) is 1.46. The molecule has 3 N–H and O–H groups in total. The first-order valence-corrected chi connectivity index (χ1v) is 7.81. The Morgan fingerprint density at radius 2 is 1.94 bits per heavy atom. The highest BCUT2D eigenvalue weighted by atomic mass is 32.2. The van der Waals surface area contributed by atoms with Gasteiger partial charge in [-0.25, -0.2) is 18.1 Å². The van der Waals surface area contributed by atoms with Gasteiger partial charge >= 0.3 is 0 Å². The quantitative estimate of drug-likeness (QED) is 0.860. The largest absolute Gasteiger partial charge is 0.375 e. The van der Waals surface area contributed by atoms with E-state index in [4.69, 9.17) is 5.73 Å². The molecule has 0 amide bonds. The maximum atomic E-state index is 12.2. The minimum Gasteiger partial charge on any atom is -0.375 e. The predicted octanol–water partition coefficient (Wildman–Crippen LogP) is 1.89. The van der Waals surface area contributed by atoms with Crippen LogP contribution in [-0.4, -0.2) is 18.9 Å². The highest BCUT2D eigenvalue weighted by molar-refractivity contribution is 7.91. The van der Waals surface area contributed by atoms with E-state index < -0.39 is 15.6 Å². The van der Waals surface area contributed by atoms with Gasteiger partial charge in [-0.3, -0.25) is 0 Å². The van der Waals surface area contributed by atoms with E-state index in [-0.39, 0.29) is 9.34 Å². The first kappa shape index (κ1) is 14.4. The molecule has 0 aliphatic carbocycles. The molecule has 1 aromatic heterocycles. The zero-order valence-corrected chi connectivity index (χ0v) is 12.2. The standard InChI is InChI=1S/C10H19N3O2S2/c1-5-10(4,6-2)13-17(14,15)8-7(3)12-9(11)16-8/h13H,5-6H2,1-4H3,(H2,11,12). The zero-order chi connectivity index (χ0) is 13.3. The fourth-order valence-electron chi connectivity index (χ4n) is 1.42. The number of nitrogens with one attached hydrogen (secondary N) is 1. The Kier molecular flexibility index (Phi) is 4.16. The van der Waals surface area contributed by atoms with Gasteiger partial charge in [-0.15, -0.1) is 0 Å². The van der Waals surface area contributed by atoms with Gasteiger partial charge in [0.25, 0.3) is 10.0 Å². The van der Waals surface area contributed by atoms with Crippen molar-refractivity contribution in [2.75, 3.05) is 5.73 Å². The van der Waals surface area contributed by atoms with E-state index in [2.05, 4.69) is 9.71 Å². The number of sulfonamides is 1. The van der Waals surface area contributed by atoms with Gasteiger partial charge in [-0.05, 0) is 26.7 Å². The number of nitrogens with two attached hydrogens (primary N) is 1. The number of hydrogen-bond acceptors (Lipinski definition) is 5. The van der Waals surface area contributed by atoms with E-state index in [1.54, 1.807) is 6.92 Å². The van der Waals surface area contributed by atoms with Crippen LogP contribution in [0.1, 0.15) is 39.3 Å². The highest BCUT2D eigenvalue weighted by Crippen LogP contribution is 2.27. The molecule has 0 unspecified atom stereocenters. The third kappa shape index (κ3) is 3.17. The van der Waals surface area contributed by atoms with Crippen LogP contribution in [0.15, 0.2) is 4.21 Å². The lowest BCUT2D eigenvalue weighted by molar-refractivity contribution is 0.389. The second kappa shape index (κ2) is 4.91. The third-order valence-electron chi connectivity index (χ3n) is 2.96. The first-order chi connectivity index (χ1) is 7.74. The van der Waals surface area contributed by atoms with Crippen LogP contribution in [0.4, 0.5) is 5.13 Å². The molecule has 0 bridgehead atoms. The summed E-state index contributed by atoms with van der Waals surface area (Å²) in [5, 5.41) is 0.276. The van der Waals surface area contributed by atoms with Crippen molar-refractivity contribution >= 4 is 26.5 Å². The average Bonchev–Trinajstić information content (AvgIpc) is 2.58. The summed E-state index contributed by atoms with van der Waals surface area (Å²) in [4.78, 5) is 3.94. The summed E-state index contributed by atoms with van der Waals surface area (Å²) >= 11 is 0.999. The van der Waals surface area contributed by atoms with Crippen molar-refractivity contribution < 1.29 is 8.42 Å². The van der Waals surface area contributed by atoms with Crippen molar-refractivity contribution in [1.29, 1.82) is 0 Å². The molecule has 1 rings (SSSR count). The van der Waals surface area contributed by atoms with E-state index >= 15 is 0 Å². The van der Waals surface area contributed by atoms with Gasteiger partial charge in [0.2, 0.25) is 0 Å². The highest BCUT2D eigenvalue weighted by Gasteiger charge is 2.30. The van der Waals surface area contributed by atoms with Gasteiger partial charge < -0.3 is 5.73 Å². The van der Waals surface area contributed by atoms with Gasteiger partial charge in [-0.1, -0.05) is 25.2 Å². The van der Waals surface area contributed by atoms with Crippen LogP contribution in [0, 0.1) is 6.92 Å². The number of thiazole rings is 1. The van der Waals surface area contributed by atoms with Crippen LogP contribution >= 0.6 is 11.3 Å². The molecule has 0 saturated heterocycles. The molecule has 0 saturated carbocycles. The molecule has 0 atom stereocenters. The van der Waals surface area contributed by atoms with E-state index in [0.29, 0.717) is 5.69 Å². The molecule has 0 aliphatic rings. The van der Waals surface area contributed by atoms with Crippen molar-refractivity contribution in [3.63, 3.8) is 0 Å². The maximum absolute atomic E-state index is 12.2. The molecule has 98 valence electrons. The first-order valence-electron chi connectivity index (χ1n) is 5.51. The molecule has 0 spiro atoms. The summed E-state index contributed by atoms with van der Waals surface area (Å²) < 4.78 is 27.3. The van der Waals surface area contributed by atoms with Crippen molar-refractivity contribution in [1.82, 2.24) is 9.71 Å². The minimum atomic E-state index is -3.53. The summed E-state index contributed by atoms with van der Waals surface area (Å²) in [5.41, 5.74) is 5.55. The zero-order valence-electron chi connectivity index (χ0n) is 10.6. The predicted molar refractivity (Wildman–Crippen MR) is 70.6 cm³/mol. The molecule has 0 fully saturated rings. The number of nitrogen functional groups attached to an aromatic ring is 1. The van der Waals surface area contributed by atoms with E-state index in [1.165, 1.54) is 0 Å². The Balaban J connectivity index is 3.09. The van der Waals surface area contributed by atoms with Crippen molar-refractivity contribution in [3.8, 4) is 0 Å². The number of nitrogens with zero attached hydrogens (tertiary/aromatic N) is 1. The lowest BCUT2D eigenvalue weighted by Gasteiger charge is -2.27. The van der Waals surface area contributed by atoms with Gasteiger partial charge in [0.1, 0.15) is 0 Å². The van der Waals surface area contributed by atoms with Gasteiger partial charge in [0.15, 0.2) is 9.34 Å². The summed E-state index contributed by atoms with van der Waals surface area (Å²) in [7, 11) is -3.53. The summed E-state index contributed by atoms with van der Waals surface area (Å²) in [6, 6.07) is 0. The Labute approximate surface area is 106 Å². The fraction of sp³-hybridized carbons (Fsp3) is 0.700. The normalized spacial score (nSPS) is 12.9. The second-order valence-corrected chi connectivity index (χ2v) is 7.21. The van der Waals surface area contributed by atoms with Crippen LogP contribution in [0.5, 0.6) is 0 Å². The van der Waals surface area contributed by atoms with Crippen LogP contribution in [0.25, 0.3) is 0 Å². The van der Waals surface area contributed by atoms with Crippen molar-refractivity contribution in [3.05, 3.63) is 5.69 Å². The van der Waals surface area contributed by atoms with Gasteiger partial charge in [0, 0.05) is 5.54 Å². The lowest BCUT2D eigenvalue weighted by atomic mass is 9.98. The number of aryl methyl sites for hydroxylation is 1. The number of aromatic nitrogens is 1. The molecule has 7 heteroatoms. The average molecular weight is 277 g/mol. The van der Waals surface area contributed by atoms with Crippen LogP contribution in [0.2, 0.25) is 0 Å². The fourth-order valence-corrected chi connectivity index (χ4v) is 4.27. The number of rotatable bonds is 5. The minimum absolute atomic E-state index is 0.211. The smallest absolute Gasteiger partial charge is 0.252 e. The topological polar surface area (TPSA) is 85.1 Å². The third-order valence-corrected chi connectivity index (χ3v) is 6.19. The molecule has 0 aromatic carbocycles. The monoisotopic (exact) mass is 277 g/mol. The Hall–Kier alpha value is -0.660. The molecule has 1 heterocycles. The van der Waals surface area contributed by atoms with Crippen LogP contribution < -0.4 is 10.5 Å². The van der Waals surface area contributed by atoms with Crippen molar-refractivity contribution in [2.24, 2.45) is 0 Å². The molecule has 5 nitrogen and oxygen atoms in total. The Morgan fingerprint density at radius 3 is 2.29 bits per heavy atom. The summed E-state index contributed by atoms with van der Waals surface area (Å²) in [5.74, 6) is 0. The number of hydrogen-bond donors (Lipinski definition) is 2. The second-order valence-electron chi connectivity index (χ2n) is 4.30. The molecule has 1 aromatic rings. The van der Waals surface area contributed by atoms with E-state index in [1.807, 2.05) is 20.8 Å². The van der Waals surface area contributed by atoms with E-state index in [0.717, 1.165) is 24.2 Å².